The second kappa shape index (κ2) is 8.88. The highest BCUT2D eigenvalue weighted by Crippen LogP contribution is 2.28. The molecule has 2 aliphatic rings. The zero-order valence-corrected chi connectivity index (χ0v) is 17.6. The topological polar surface area (TPSA) is 59.1 Å². The minimum Gasteiger partial charge on any atom is -0.465 e. The van der Waals surface area contributed by atoms with Gasteiger partial charge >= 0.3 is 5.97 Å². The molecule has 30 heavy (non-hydrogen) atoms. The summed E-state index contributed by atoms with van der Waals surface area (Å²) in [5.41, 5.74) is 2.27. The highest BCUT2D eigenvalue weighted by Gasteiger charge is 2.26. The van der Waals surface area contributed by atoms with Gasteiger partial charge in [-0.2, -0.15) is 0 Å². The van der Waals surface area contributed by atoms with Gasteiger partial charge in [0.15, 0.2) is 0 Å². The summed E-state index contributed by atoms with van der Waals surface area (Å²) in [6, 6.07) is 13.1. The van der Waals surface area contributed by atoms with Crippen molar-refractivity contribution in [3.63, 3.8) is 0 Å². The summed E-state index contributed by atoms with van der Waals surface area (Å²) < 4.78 is 10.6. The van der Waals surface area contributed by atoms with Crippen LogP contribution >= 0.6 is 0 Å². The number of hydrogen-bond acceptors (Lipinski definition) is 5. The van der Waals surface area contributed by atoms with Crippen molar-refractivity contribution in [3.8, 4) is 11.5 Å². The molecular formula is C24H28N2O4. The summed E-state index contributed by atoms with van der Waals surface area (Å²) >= 11 is 0. The quantitative estimate of drug-likeness (QED) is 0.682. The molecule has 0 spiro atoms. The van der Waals surface area contributed by atoms with Crippen molar-refractivity contribution in [1.29, 1.82) is 0 Å². The lowest BCUT2D eigenvalue weighted by Gasteiger charge is -2.31. The Balaban J connectivity index is 1.39. The van der Waals surface area contributed by atoms with E-state index in [0.717, 1.165) is 43.7 Å². The number of amides is 1. The molecule has 158 valence electrons. The van der Waals surface area contributed by atoms with Gasteiger partial charge < -0.3 is 14.4 Å². The monoisotopic (exact) mass is 408 g/mol. The van der Waals surface area contributed by atoms with E-state index in [2.05, 4.69) is 11.8 Å². The molecule has 2 aliphatic heterocycles. The largest absolute Gasteiger partial charge is 0.465 e. The molecule has 0 bridgehead atoms. The van der Waals surface area contributed by atoms with Gasteiger partial charge in [-0.1, -0.05) is 0 Å². The standard InChI is InChI=1S/C24H28N2O4/c1-17-4-3-12-25(17)14-15-26-13-11-19-16-21(9-10-22(19)23(26)27)30-20-7-5-18(6-8-20)24(28)29-2/h5-10,16-17H,3-4,11-15H2,1-2H3/t17-/m1/s1. The van der Waals surface area contributed by atoms with E-state index >= 15 is 0 Å². The first kappa shape index (κ1) is 20.4. The number of benzene rings is 2. The van der Waals surface area contributed by atoms with Crippen LogP contribution in [0, 0.1) is 0 Å². The van der Waals surface area contributed by atoms with E-state index < -0.39 is 0 Å². The molecule has 6 heteroatoms. The Labute approximate surface area is 177 Å². The maximum Gasteiger partial charge on any atom is 0.337 e. The van der Waals surface area contributed by atoms with Gasteiger partial charge in [-0.15, -0.1) is 0 Å². The Morgan fingerprint density at radius 3 is 2.53 bits per heavy atom. The molecular weight excluding hydrogens is 380 g/mol. The summed E-state index contributed by atoms with van der Waals surface area (Å²) in [4.78, 5) is 28.9. The molecule has 2 aromatic carbocycles. The van der Waals surface area contributed by atoms with Crippen LogP contribution in [0.4, 0.5) is 0 Å². The Morgan fingerprint density at radius 2 is 1.83 bits per heavy atom. The second-order valence-corrected chi connectivity index (χ2v) is 8.01. The van der Waals surface area contributed by atoms with E-state index in [1.165, 1.54) is 20.0 Å². The van der Waals surface area contributed by atoms with Gasteiger partial charge in [0.05, 0.1) is 12.7 Å². The van der Waals surface area contributed by atoms with Crippen molar-refractivity contribution >= 4 is 11.9 Å². The van der Waals surface area contributed by atoms with E-state index in [1.807, 2.05) is 23.1 Å². The molecule has 0 aromatic heterocycles. The Morgan fingerprint density at radius 1 is 1.07 bits per heavy atom. The number of ether oxygens (including phenoxy) is 2. The van der Waals surface area contributed by atoms with Crippen LogP contribution in [0.15, 0.2) is 42.5 Å². The molecule has 1 atom stereocenters. The minimum absolute atomic E-state index is 0.108. The van der Waals surface area contributed by atoms with Gasteiger partial charge in [-0.05, 0) is 80.8 Å². The molecule has 6 nitrogen and oxygen atoms in total. The fraction of sp³-hybridized carbons (Fsp3) is 0.417. The number of esters is 1. The van der Waals surface area contributed by atoms with E-state index in [-0.39, 0.29) is 11.9 Å². The first-order valence-electron chi connectivity index (χ1n) is 10.6. The van der Waals surface area contributed by atoms with Gasteiger partial charge in [0.1, 0.15) is 11.5 Å². The number of methoxy groups -OCH3 is 1. The lowest BCUT2D eigenvalue weighted by Crippen LogP contribution is -2.43. The van der Waals surface area contributed by atoms with Crippen LogP contribution in [0.2, 0.25) is 0 Å². The Kier molecular flexibility index (Phi) is 6.04. The number of rotatable bonds is 6. The van der Waals surface area contributed by atoms with Gasteiger partial charge in [0.25, 0.3) is 5.91 Å². The van der Waals surface area contributed by atoms with Crippen LogP contribution in [0.3, 0.4) is 0 Å². The molecule has 2 aromatic rings. The fourth-order valence-electron chi connectivity index (χ4n) is 4.28. The van der Waals surface area contributed by atoms with Gasteiger partial charge in [-0.25, -0.2) is 4.79 Å². The van der Waals surface area contributed by atoms with Crippen LogP contribution in [-0.2, 0) is 11.2 Å². The first-order chi connectivity index (χ1) is 14.5. The number of nitrogens with zero attached hydrogens (tertiary/aromatic N) is 2. The molecule has 1 saturated heterocycles. The van der Waals surface area contributed by atoms with Crippen molar-refractivity contribution in [2.24, 2.45) is 0 Å². The highest BCUT2D eigenvalue weighted by atomic mass is 16.5. The van der Waals surface area contributed by atoms with Crippen molar-refractivity contribution in [3.05, 3.63) is 59.2 Å². The van der Waals surface area contributed by atoms with Crippen LogP contribution in [0.1, 0.15) is 46.0 Å². The molecule has 0 unspecified atom stereocenters. The van der Waals surface area contributed by atoms with Crippen LogP contribution in [-0.4, -0.2) is 61.0 Å². The van der Waals surface area contributed by atoms with E-state index in [0.29, 0.717) is 23.1 Å². The molecule has 0 N–H and O–H groups in total. The average Bonchev–Trinajstić information content (AvgIpc) is 3.18. The van der Waals surface area contributed by atoms with Gasteiger partial charge in [0.2, 0.25) is 0 Å². The average molecular weight is 408 g/mol. The number of likely N-dealkylation sites (tertiary alicyclic amines) is 1. The first-order valence-corrected chi connectivity index (χ1v) is 10.6. The zero-order chi connectivity index (χ0) is 21.1. The Bertz CT molecular complexity index is 925. The van der Waals surface area contributed by atoms with Crippen molar-refractivity contribution in [2.45, 2.75) is 32.2 Å². The predicted octanol–water partition coefficient (Wildman–Crippen LogP) is 3.75. The second-order valence-electron chi connectivity index (χ2n) is 8.01. The lowest BCUT2D eigenvalue weighted by molar-refractivity contribution is 0.0600. The molecule has 1 fully saturated rings. The Hall–Kier alpha value is -2.86. The number of hydrogen-bond donors (Lipinski definition) is 0. The van der Waals surface area contributed by atoms with Crippen LogP contribution < -0.4 is 4.74 Å². The summed E-state index contributed by atoms with van der Waals surface area (Å²) in [5, 5.41) is 0. The number of carbonyl (C=O) groups is 2. The van der Waals surface area contributed by atoms with Gasteiger partial charge in [0, 0.05) is 31.2 Å². The van der Waals surface area contributed by atoms with Crippen LogP contribution in [0.5, 0.6) is 11.5 Å². The summed E-state index contributed by atoms with van der Waals surface area (Å²) in [5.74, 6) is 1.05. The van der Waals surface area contributed by atoms with Crippen molar-refractivity contribution < 1.29 is 19.1 Å². The molecule has 0 radical (unpaired) electrons. The van der Waals surface area contributed by atoms with Crippen molar-refractivity contribution in [1.82, 2.24) is 9.80 Å². The maximum absolute atomic E-state index is 12.9. The van der Waals surface area contributed by atoms with Gasteiger partial charge in [-0.3, -0.25) is 9.69 Å². The third-order valence-corrected chi connectivity index (χ3v) is 6.10. The molecule has 0 saturated carbocycles. The number of fused-ring (bicyclic) bond motifs is 1. The third kappa shape index (κ3) is 4.33. The zero-order valence-electron chi connectivity index (χ0n) is 17.6. The van der Waals surface area contributed by atoms with E-state index in [1.54, 1.807) is 24.3 Å². The summed E-state index contributed by atoms with van der Waals surface area (Å²) in [6.07, 6.45) is 3.34. The van der Waals surface area contributed by atoms with E-state index in [9.17, 15) is 9.59 Å². The lowest BCUT2D eigenvalue weighted by atomic mass is 9.98. The number of carbonyl (C=O) groups excluding carboxylic acids is 2. The maximum atomic E-state index is 12.9. The molecule has 2 heterocycles. The normalized spacial score (nSPS) is 18.9. The summed E-state index contributed by atoms with van der Waals surface area (Å²) in [6.45, 7) is 5.88. The third-order valence-electron chi connectivity index (χ3n) is 6.10. The molecule has 0 aliphatic carbocycles. The predicted molar refractivity (Wildman–Crippen MR) is 114 cm³/mol. The smallest absolute Gasteiger partial charge is 0.337 e. The highest BCUT2D eigenvalue weighted by molar-refractivity contribution is 5.97. The molecule has 4 rings (SSSR count). The fourth-order valence-corrected chi connectivity index (χ4v) is 4.28. The summed E-state index contributed by atoms with van der Waals surface area (Å²) in [7, 11) is 1.36. The van der Waals surface area contributed by atoms with Crippen molar-refractivity contribution in [2.75, 3.05) is 33.3 Å². The van der Waals surface area contributed by atoms with Crippen LogP contribution in [0.25, 0.3) is 0 Å². The minimum atomic E-state index is -0.377. The van der Waals surface area contributed by atoms with E-state index in [4.69, 9.17) is 9.47 Å². The SMILES string of the molecule is COC(=O)c1ccc(Oc2ccc3c(c2)CCN(CCN2CCC[C@H]2C)C3=O)cc1. The molecule has 1 amide bonds.